The number of likely N-dealkylation sites (tertiary alicyclic amines) is 1. The molecule has 1 fully saturated rings. The van der Waals surface area contributed by atoms with Gasteiger partial charge in [-0.3, -0.25) is 9.59 Å². The van der Waals surface area contributed by atoms with Crippen molar-refractivity contribution in [2.24, 2.45) is 5.92 Å². The first-order valence-corrected chi connectivity index (χ1v) is 9.85. The number of benzene rings is 2. The number of carbonyl (C=O) groups is 2. The van der Waals surface area contributed by atoms with Crippen LogP contribution in [-0.2, 0) is 9.59 Å². The first-order valence-electron chi connectivity index (χ1n) is 9.85. The highest BCUT2D eigenvalue weighted by Crippen LogP contribution is 2.26. The Bertz CT molecular complexity index is 1090. The smallest absolute Gasteiger partial charge is 0.298 e. The molecular formula is C24H23N3O2. The number of fused-ring (bicyclic) bond motifs is 1. The molecule has 3 aromatic rings. The van der Waals surface area contributed by atoms with E-state index in [1.54, 1.807) is 11.8 Å². The zero-order chi connectivity index (χ0) is 20.2. The summed E-state index contributed by atoms with van der Waals surface area (Å²) in [6.07, 6.45) is 1.58. The number of carbonyl (C=O) groups excluding carboxylic acids is 2. The van der Waals surface area contributed by atoms with E-state index in [2.05, 4.69) is 34.3 Å². The van der Waals surface area contributed by atoms with Crippen LogP contribution in [0.5, 0.6) is 0 Å². The number of rotatable bonds is 3. The standard InChI is InChI=1S/C24H23N3O2/c1-2-7-23(28)27-13-6-10-19(16-27)24(29)25-20-11-5-9-17(14-20)22-15-18-8-3-4-12-21(18)26-22/h3-5,8-9,11-12,14-15,19,26H,6,10,13,16H2,1H3,(H,25,29)/t19-/m0/s1. The minimum absolute atomic E-state index is 0.0549. The molecule has 1 aromatic heterocycles. The third-order valence-electron chi connectivity index (χ3n) is 5.28. The third-order valence-corrected chi connectivity index (χ3v) is 5.28. The second-order valence-electron chi connectivity index (χ2n) is 7.31. The van der Waals surface area contributed by atoms with Crippen molar-refractivity contribution in [1.29, 1.82) is 0 Å². The number of piperidine rings is 1. The van der Waals surface area contributed by atoms with E-state index in [-0.39, 0.29) is 17.7 Å². The van der Waals surface area contributed by atoms with Crippen LogP contribution in [0.1, 0.15) is 19.8 Å². The largest absolute Gasteiger partial charge is 0.355 e. The van der Waals surface area contributed by atoms with Crippen molar-refractivity contribution in [2.75, 3.05) is 18.4 Å². The van der Waals surface area contributed by atoms with E-state index in [9.17, 15) is 9.59 Å². The molecule has 1 saturated heterocycles. The van der Waals surface area contributed by atoms with Crippen molar-refractivity contribution >= 4 is 28.4 Å². The van der Waals surface area contributed by atoms with Gasteiger partial charge >= 0.3 is 0 Å². The number of para-hydroxylation sites is 1. The zero-order valence-electron chi connectivity index (χ0n) is 16.4. The van der Waals surface area contributed by atoms with Crippen LogP contribution in [-0.4, -0.2) is 34.8 Å². The molecule has 2 aromatic carbocycles. The fourth-order valence-electron chi connectivity index (χ4n) is 3.80. The molecule has 1 atom stereocenters. The molecule has 1 aliphatic rings. The normalized spacial score (nSPS) is 16.2. The predicted octanol–water partition coefficient (Wildman–Crippen LogP) is 4.04. The number of nitrogens with one attached hydrogen (secondary N) is 2. The Morgan fingerprint density at radius 1 is 1.14 bits per heavy atom. The SMILES string of the molecule is CC#CC(=O)N1CCC[C@H](C(=O)Nc2cccc(-c3cc4ccccc4[nH]3)c2)C1. The van der Waals surface area contributed by atoms with Crippen LogP contribution in [0.2, 0.25) is 0 Å². The van der Waals surface area contributed by atoms with Gasteiger partial charge in [0.25, 0.3) is 5.91 Å². The fraction of sp³-hybridized carbons (Fsp3) is 0.250. The van der Waals surface area contributed by atoms with Crippen molar-refractivity contribution in [3.8, 4) is 23.1 Å². The maximum atomic E-state index is 12.8. The quantitative estimate of drug-likeness (QED) is 0.669. The summed E-state index contributed by atoms with van der Waals surface area (Å²) in [5.41, 5.74) is 3.86. The molecule has 2 heterocycles. The van der Waals surface area contributed by atoms with Crippen LogP contribution in [0.3, 0.4) is 0 Å². The molecule has 0 saturated carbocycles. The molecule has 0 radical (unpaired) electrons. The van der Waals surface area contributed by atoms with Crippen LogP contribution in [0.4, 0.5) is 5.69 Å². The Hall–Kier alpha value is -3.52. The highest BCUT2D eigenvalue weighted by molar-refractivity contribution is 5.96. The van der Waals surface area contributed by atoms with Gasteiger partial charge in [0.15, 0.2) is 0 Å². The van der Waals surface area contributed by atoms with E-state index >= 15 is 0 Å². The van der Waals surface area contributed by atoms with Gasteiger partial charge in [-0.25, -0.2) is 0 Å². The van der Waals surface area contributed by atoms with E-state index in [4.69, 9.17) is 0 Å². The molecule has 5 heteroatoms. The molecule has 1 aliphatic heterocycles. The summed E-state index contributed by atoms with van der Waals surface area (Å²) < 4.78 is 0. The van der Waals surface area contributed by atoms with Gasteiger partial charge in [-0.05, 0) is 50.0 Å². The van der Waals surface area contributed by atoms with Crippen LogP contribution in [0.25, 0.3) is 22.2 Å². The lowest BCUT2D eigenvalue weighted by Gasteiger charge is -2.30. The lowest BCUT2D eigenvalue weighted by molar-refractivity contribution is -0.129. The molecule has 2 amide bonds. The minimum Gasteiger partial charge on any atom is -0.355 e. The number of aromatic amines is 1. The van der Waals surface area contributed by atoms with Gasteiger partial charge in [0, 0.05) is 40.9 Å². The summed E-state index contributed by atoms with van der Waals surface area (Å²) in [6, 6.07) is 18.0. The second kappa shape index (κ2) is 8.24. The predicted molar refractivity (Wildman–Crippen MR) is 115 cm³/mol. The molecule has 2 N–H and O–H groups in total. The van der Waals surface area contributed by atoms with Gasteiger partial charge in [-0.15, -0.1) is 0 Å². The van der Waals surface area contributed by atoms with E-state index in [0.29, 0.717) is 13.1 Å². The molecule has 29 heavy (non-hydrogen) atoms. The van der Waals surface area contributed by atoms with Gasteiger partial charge in [0.05, 0.1) is 5.92 Å². The summed E-state index contributed by atoms with van der Waals surface area (Å²) in [7, 11) is 0. The van der Waals surface area contributed by atoms with E-state index < -0.39 is 0 Å². The summed E-state index contributed by atoms with van der Waals surface area (Å²) in [6.45, 7) is 2.72. The highest BCUT2D eigenvalue weighted by atomic mass is 16.2. The van der Waals surface area contributed by atoms with Gasteiger partial charge in [0.2, 0.25) is 5.91 Å². The number of hydrogen-bond donors (Lipinski definition) is 2. The van der Waals surface area contributed by atoms with E-state index in [1.165, 1.54) is 0 Å². The third kappa shape index (κ3) is 4.17. The van der Waals surface area contributed by atoms with Crippen LogP contribution >= 0.6 is 0 Å². The fourth-order valence-corrected chi connectivity index (χ4v) is 3.80. The summed E-state index contributed by atoms with van der Waals surface area (Å²) in [5, 5.41) is 4.17. The van der Waals surface area contributed by atoms with Crippen LogP contribution < -0.4 is 5.32 Å². The summed E-state index contributed by atoms with van der Waals surface area (Å²) in [4.78, 5) is 29.9. The monoisotopic (exact) mass is 385 g/mol. The van der Waals surface area contributed by atoms with Crippen molar-refractivity contribution in [3.63, 3.8) is 0 Å². The average Bonchev–Trinajstić information content (AvgIpc) is 3.19. The number of hydrogen-bond acceptors (Lipinski definition) is 2. The van der Waals surface area contributed by atoms with Gasteiger partial charge in [-0.2, -0.15) is 0 Å². The Kier molecular flexibility index (Phi) is 5.35. The number of H-pyrrole nitrogens is 1. The Balaban J connectivity index is 1.48. The number of anilines is 1. The molecule has 0 bridgehead atoms. The zero-order valence-corrected chi connectivity index (χ0v) is 16.4. The number of amides is 2. The summed E-state index contributed by atoms with van der Waals surface area (Å²) in [5.74, 6) is 4.72. The van der Waals surface area contributed by atoms with Gasteiger partial charge < -0.3 is 15.2 Å². The first-order chi connectivity index (χ1) is 14.1. The Morgan fingerprint density at radius 3 is 2.83 bits per heavy atom. The van der Waals surface area contributed by atoms with Crippen LogP contribution in [0.15, 0.2) is 54.6 Å². The summed E-state index contributed by atoms with van der Waals surface area (Å²) >= 11 is 0. The maximum absolute atomic E-state index is 12.8. The lowest BCUT2D eigenvalue weighted by atomic mass is 9.97. The lowest BCUT2D eigenvalue weighted by Crippen LogP contribution is -2.43. The van der Waals surface area contributed by atoms with Gasteiger partial charge in [0.1, 0.15) is 0 Å². The molecule has 4 rings (SSSR count). The van der Waals surface area contributed by atoms with E-state index in [0.717, 1.165) is 40.7 Å². The molecular weight excluding hydrogens is 362 g/mol. The van der Waals surface area contributed by atoms with E-state index in [1.807, 2.05) is 42.5 Å². The number of nitrogens with zero attached hydrogens (tertiary/aromatic N) is 1. The van der Waals surface area contributed by atoms with Crippen molar-refractivity contribution in [2.45, 2.75) is 19.8 Å². The van der Waals surface area contributed by atoms with Crippen LogP contribution in [0, 0.1) is 17.8 Å². The van der Waals surface area contributed by atoms with Crippen molar-refractivity contribution in [3.05, 3.63) is 54.6 Å². The second-order valence-corrected chi connectivity index (χ2v) is 7.31. The number of aromatic nitrogens is 1. The Labute approximate surface area is 170 Å². The molecule has 0 unspecified atom stereocenters. The average molecular weight is 385 g/mol. The first kappa shape index (κ1) is 18.8. The molecule has 5 nitrogen and oxygen atoms in total. The molecule has 146 valence electrons. The molecule has 0 aliphatic carbocycles. The molecule has 0 spiro atoms. The Morgan fingerprint density at radius 2 is 2.00 bits per heavy atom. The maximum Gasteiger partial charge on any atom is 0.298 e. The minimum atomic E-state index is -0.219. The van der Waals surface area contributed by atoms with Crippen molar-refractivity contribution < 1.29 is 9.59 Å². The topological polar surface area (TPSA) is 65.2 Å². The highest BCUT2D eigenvalue weighted by Gasteiger charge is 2.27. The van der Waals surface area contributed by atoms with Gasteiger partial charge in [-0.1, -0.05) is 36.3 Å². The van der Waals surface area contributed by atoms with Crippen molar-refractivity contribution in [1.82, 2.24) is 9.88 Å².